The first-order valence-corrected chi connectivity index (χ1v) is 6.53. The van der Waals surface area contributed by atoms with E-state index in [-0.39, 0.29) is 25.2 Å². The molecule has 7 nitrogen and oxygen atoms in total. The molecule has 1 aromatic rings. The standard InChI is InChI=1S/C14H19N3O4/c15-10-4-1-9(2-5-10)3-8-13(19)17-11(14(20)21)6-7-12(16)18/h1-2,4-5,11H,3,6-8,15H2,(H2,16,18)(H,17,19)(H,20,21)/t11-/m1/s1. The molecule has 0 aliphatic carbocycles. The number of primary amides is 1. The molecule has 0 aromatic heterocycles. The van der Waals surface area contributed by atoms with Gasteiger partial charge in [0.2, 0.25) is 11.8 Å². The zero-order valence-electron chi connectivity index (χ0n) is 11.5. The summed E-state index contributed by atoms with van der Waals surface area (Å²) >= 11 is 0. The molecule has 6 N–H and O–H groups in total. The van der Waals surface area contributed by atoms with Crippen LogP contribution in [0.4, 0.5) is 5.69 Å². The number of carboxylic acid groups (broad SMARTS) is 1. The van der Waals surface area contributed by atoms with Crippen LogP contribution in [-0.4, -0.2) is 28.9 Å². The smallest absolute Gasteiger partial charge is 0.326 e. The second kappa shape index (κ2) is 7.88. The third-order valence-electron chi connectivity index (χ3n) is 2.93. The maximum atomic E-state index is 11.7. The molecule has 0 aliphatic heterocycles. The molecule has 0 aliphatic rings. The molecule has 2 amide bonds. The molecular formula is C14H19N3O4. The van der Waals surface area contributed by atoms with E-state index in [1.54, 1.807) is 12.1 Å². The van der Waals surface area contributed by atoms with E-state index in [9.17, 15) is 14.4 Å². The van der Waals surface area contributed by atoms with E-state index in [0.717, 1.165) is 5.56 Å². The average molecular weight is 293 g/mol. The van der Waals surface area contributed by atoms with Gasteiger partial charge in [-0.1, -0.05) is 12.1 Å². The molecule has 1 aromatic carbocycles. The number of rotatable bonds is 8. The van der Waals surface area contributed by atoms with Gasteiger partial charge >= 0.3 is 5.97 Å². The number of aryl methyl sites for hydroxylation is 1. The molecular weight excluding hydrogens is 274 g/mol. The number of carbonyl (C=O) groups excluding carboxylic acids is 2. The lowest BCUT2D eigenvalue weighted by atomic mass is 10.1. The number of anilines is 1. The zero-order chi connectivity index (χ0) is 15.8. The van der Waals surface area contributed by atoms with Crippen molar-refractivity contribution in [1.82, 2.24) is 5.32 Å². The predicted molar refractivity (Wildman–Crippen MR) is 77.2 cm³/mol. The van der Waals surface area contributed by atoms with Crippen LogP contribution in [0.2, 0.25) is 0 Å². The molecule has 0 unspecified atom stereocenters. The minimum absolute atomic E-state index is 0.0156. The Morgan fingerprint density at radius 1 is 1.14 bits per heavy atom. The lowest BCUT2D eigenvalue weighted by Gasteiger charge is -2.13. The number of hydrogen-bond acceptors (Lipinski definition) is 4. The Kier molecular flexibility index (Phi) is 6.19. The number of amides is 2. The molecule has 114 valence electrons. The third-order valence-corrected chi connectivity index (χ3v) is 2.93. The number of aliphatic carboxylic acids is 1. The van der Waals surface area contributed by atoms with E-state index in [4.69, 9.17) is 16.6 Å². The molecule has 7 heteroatoms. The Morgan fingerprint density at radius 3 is 2.29 bits per heavy atom. The number of carboxylic acids is 1. The van der Waals surface area contributed by atoms with E-state index in [2.05, 4.69) is 5.32 Å². The van der Waals surface area contributed by atoms with Gasteiger partial charge in [0, 0.05) is 18.5 Å². The Balaban J connectivity index is 2.44. The molecule has 1 rings (SSSR count). The molecule has 0 saturated carbocycles. The van der Waals surface area contributed by atoms with Crippen molar-refractivity contribution in [3.05, 3.63) is 29.8 Å². The van der Waals surface area contributed by atoms with Gasteiger partial charge in [0.25, 0.3) is 0 Å². The van der Waals surface area contributed by atoms with Crippen LogP contribution in [0.3, 0.4) is 0 Å². The van der Waals surface area contributed by atoms with Gasteiger partial charge in [-0.05, 0) is 30.5 Å². The minimum atomic E-state index is -1.18. The number of nitrogens with one attached hydrogen (secondary N) is 1. The van der Waals surface area contributed by atoms with E-state index in [0.29, 0.717) is 12.1 Å². The summed E-state index contributed by atoms with van der Waals surface area (Å²) in [7, 11) is 0. The SMILES string of the molecule is NC(=O)CC[C@@H](NC(=O)CCc1ccc(N)cc1)C(=O)O. The number of carbonyl (C=O) groups is 3. The first-order valence-electron chi connectivity index (χ1n) is 6.53. The number of nitrogens with two attached hydrogens (primary N) is 2. The van der Waals surface area contributed by atoms with Crippen molar-refractivity contribution >= 4 is 23.5 Å². The Bertz CT molecular complexity index is 513. The van der Waals surface area contributed by atoms with Gasteiger partial charge in [-0.25, -0.2) is 4.79 Å². The van der Waals surface area contributed by atoms with Gasteiger partial charge in [-0.2, -0.15) is 0 Å². The summed E-state index contributed by atoms with van der Waals surface area (Å²) in [6, 6.07) is 5.99. The maximum Gasteiger partial charge on any atom is 0.326 e. The van der Waals surface area contributed by atoms with E-state index in [1.807, 2.05) is 12.1 Å². The monoisotopic (exact) mass is 293 g/mol. The van der Waals surface area contributed by atoms with Crippen LogP contribution >= 0.6 is 0 Å². The molecule has 0 radical (unpaired) electrons. The Morgan fingerprint density at radius 2 is 1.76 bits per heavy atom. The summed E-state index contributed by atoms with van der Waals surface area (Å²) in [6.45, 7) is 0. The van der Waals surface area contributed by atoms with Crippen molar-refractivity contribution in [1.29, 1.82) is 0 Å². The summed E-state index contributed by atoms with van der Waals surface area (Å²) in [4.78, 5) is 33.4. The van der Waals surface area contributed by atoms with E-state index >= 15 is 0 Å². The fourth-order valence-corrected chi connectivity index (χ4v) is 1.75. The van der Waals surface area contributed by atoms with Crippen LogP contribution in [0.25, 0.3) is 0 Å². The summed E-state index contributed by atoms with van der Waals surface area (Å²) in [5, 5.41) is 11.4. The van der Waals surface area contributed by atoms with Crippen LogP contribution < -0.4 is 16.8 Å². The predicted octanol–water partition coefficient (Wildman–Crippen LogP) is 0.0363. The lowest BCUT2D eigenvalue weighted by molar-refractivity contribution is -0.142. The highest BCUT2D eigenvalue weighted by Crippen LogP contribution is 2.08. The van der Waals surface area contributed by atoms with Crippen LogP contribution in [0.1, 0.15) is 24.8 Å². The van der Waals surface area contributed by atoms with Gasteiger partial charge in [0.1, 0.15) is 6.04 Å². The first-order chi connectivity index (χ1) is 9.88. The molecule has 1 atom stereocenters. The van der Waals surface area contributed by atoms with Crippen molar-refractivity contribution in [3.8, 4) is 0 Å². The second-order valence-corrected chi connectivity index (χ2v) is 4.70. The van der Waals surface area contributed by atoms with Crippen LogP contribution in [0, 0.1) is 0 Å². The van der Waals surface area contributed by atoms with E-state index in [1.165, 1.54) is 0 Å². The second-order valence-electron chi connectivity index (χ2n) is 4.70. The van der Waals surface area contributed by atoms with Crippen molar-refractivity contribution in [3.63, 3.8) is 0 Å². The summed E-state index contributed by atoms with van der Waals surface area (Å²) < 4.78 is 0. The molecule has 0 heterocycles. The Labute approximate surface area is 122 Å². The third kappa shape index (κ3) is 6.42. The number of benzene rings is 1. The van der Waals surface area contributed by atoms with Crippen molar-refractivity contribution in [2.24, 2.45) is 5.73 Å². The quantitative estimate of drug-likeness (QED) is 0.502. The van der Waals surface area contributed by atoms with Crippen molar-refractivity contribution < 1.29 is 19.5 Å². The van der Waals surface area contributed by atoms with Crippen LogP contribution in [0.5, 0.6) is 0 Å². The average Bonchev–Trinajstić information content (AvgIpc) is 2.42. The molecule has 0 saturated heterocycles. The topological polar surface area (TPSA) is 136 Å². The van der Waals surface area contributed by atoms with Crippen LogP contribution in [-0.2, 0) is 20.8 Å². The number of hydrogen-bond donors (Lipinski definition) is 4. The van der Waals surface area contributed by atoms with Crippen LogP contribution in [0.15, 0.2) is 24.3 Å². The summed E-state index contributed by atoms with van der Waals surface area (Å²) in [5.41, 5.74) is 12.1. The lowest BCUT2D eigenvalue weighted by Crippen LogP contribution is -2.41. The highest BCUT2D eigenvalue weighted by atomic mass is 16.4. The summed E-state index contributed by atoms with van der Waals surface area (Å²) in [5.74, 6) is -2.17. The fraction of sp³-hybridized carbons (Fsp3) is 0.357. The van der Waals surface area contributed by atoms with Crippen molar-refractivity contribution in [2.45, 2.75) is 31.7 Å². The minimum Gasteiger partial charge on any atom is -0.480 e. The van der Waals surface area contributed by atoms with Gasteiger partial charge < -0.3 is 21.9 Å². The number of nitrogen functional groups attached to an aromatic ring is 1. The normalized spacial score (nSPS) is 11.6. The first kappa shape index (κ1) is 16.5. The van der Waals surface area contributed by atoms with Gasteiger partial charge in [-0.3, -0.25) is 9.59 Å². The molecule has 0 bridgehead atoms. The largest absolute Gasteiger partial charge is 0.480 e. The fourth-order valence-electron chi connectivity index (χ4n) is 1.75. The highest BCUT2D eigenvalue weighted by molar-refractivity contribution is 5.84. The molecule has 21 heavy (non-hydrogen) atoms. The Hall–Kier alpha value is -2.57. The zero-order valence-corrected chi connectivity index (χ0v) is 11.5. The maximum absolute atomic E-state index is 11.7. The van der Waals surface area contributed by atoms with Crippen molar-refractivity contribution in [2.75, 3.05) is 5.73 Å². The van der Waals surface area contributed by atoms with Gasteiger partial charge in [-0.15, -0.1) is 0 Å². The summed E-state index contributed by atoms with van der Waals surface area (Å²) in [6.07, 6.45) is 0.534. The van der Waals surface area contributed by atoms with Gasteiger partial charge in [0.05, 0.1) is 0 Å². The van der Waals surface area contributed by atoms with E-state index < -0.39 is 17.9 Å². The highest BCUT2D eigenvalue weighted by Gasteiger charge is 2.20. The molecule has 0 spiro atoms. The molecule has 0 fully saturated rings. The van der Waals surface area contributed by atoms with Gasteiger partial charge in [0.15, 0.2) is 0 Å².